The third-order valence-electron chi connectivity index (χ3n) is 7.24. The Bertz CT molecular complexity index is 2200. The number of aromatic nitrogens is 4. The summed E-state index contributed by atoms with van der Waals surface area (Å²) in [6, 6.07) is 40.7. The van der Waals surface area contributed by atoms with Gasteiger partial charge in [-0.3, -0.25) is 9.36 Å². The van der Waals surface area contributed by atoms with E-state index >= 15 is 0 Å². The van der Waals surface area contributed by atoms with Crippen molar-refractivity contribution in [1.29, 1.82) is 0 Å². The smallest absolute Gasteiger partial charge is 0.267 e. The predicted octanol–water partition coefficient (Wildman–Crippen LogP) is 6.89. The van der Waals surface area contributed by atoms with Gasteiger partial charge in [0.25, 0.3) is 5.56 Å². The van der Waals surface area contributed by atoms with Crippen LogP contribution in [0.15, 0.2) is 126 Å². The van der Waals surface area contributed by atoms with Crippen LogP contribution in [0.5, 0.6) is 0 Å². The largest absolute Gasteiger partial charge is 0.309 e. The predicted molar refractivity (Wildman–Crippen MR) is 150 cm³/mol. The number of fused-ring (bicyclic) bond motifs is 8. The van der Waals surface area contributed by atoms with Gasteiger partial charge in [-0.15, -0.1) is 0 Å². The zero-order valence-corrected chi connectivity index (χ0v) is 19.7. The van der Waals surface area contributed by atoms with E-state index in [-0.39, 0.29) is 5.56 Å². The number of hydrogen-bond acceptors (Lipinski definition) is 2. The van der Waals surface area contributed by atoms with Crippen LogP contribution in [0.3, 0.4) is 0 Å². The molecule has 5 aromatic carbocycles. The van der Waals surface area contributed by atoms with Gasteiger partial charge in [-0.1, -0.05) is 66.7 Å². The van der Waals surface area contributed by atoms with Gasteiger partial charge in [-0.2, -0.15) is 0 Å². The Morgan fingerprint density at radius 1 is 0.514 bits per heavy atom. The van der Waals surface area contributed by atoms with Crippen LogP contribution < -0.4 is 5.56 Å². The van der Waals surface area contributed by atoms with Crippen LogP contribution in [-0.2, 0) is 0 Å². The number of rotatable bonds is 2. The van der Waals surface area contributed by atoms with Crippen molar-refractivity contribution < 1.29 is 0 Å². The van der Waals surface area contributed by atoms with E-state index in [4.69, 9.17) is 4.98 Å². The molecular formula is C32H20N4O. The maximum absolute atomic E-state index is 14.1. The first-order valence-corrected chi connectivity index (χ1v) is 12.3. The number of nitrogens with zero attached hydrogens (tertiary/aromatic N) is 4. The van der Waals surface area contributed by atoms with Crippen molar-refractivity contribution in [3.05, 3.63) is 132 Å². The van der Waals surface area contributed by atoms with Crippen molar-refractivity contribution in [2.75, 3.05) is 0 Å². The molecule has 3 aromatic heterocycles. The fourth-order valence-electron chi connectivity index (χ4n) is 5.71. The number of para-hydroxylation sites is 4. The van der Waals surface area contributed by atoms with Crippen LogP contribution in [0.1, 0.15) is 0 Å². The van der Waals surface area contributed by atoms with Gasteiger partial charge in [0.05, 0.1) is 33.0 Å². The molecule has 0 saturated carbocycles. The zero-order valence-electron chi connectivity index (χ0n) is 19.7. The van der Waals surface area contributed by atoms with Gasteiger partial charge in [0.1, 0.15) is 0 Å². The van der Waals surface area contributed by atoms with Gasteiger partial charge in [0, 0.05) is 22.1 Å². The highest BCUT2D eigenvalue weighted by Crippen LogP contribution is 2.37. The van der Waals surface area contributed by atoms with Crippen LogP contribution in [0.2, 0.25) is 0 Å². The lowest BCUT2D eigenvalue weighted by Crippen LogP contribution is -2.18. The molecule has 0 aliphatic rings. The molecule has 0 atom stereocenters. The van der Waals surface area contributed by atoms with E-state index in [0.717, 1.165) is 49.7 Å². The molecular weight excluding hydrogens is 456 g/mol. The van der Waals surface area contributed by atoms with Crippen molar-refractivity contribution in [1.82, 2.24) is 18.5 Å². The summed E-state index contributed by atoms with van der Waals surface area (Å²) in [6.45, 7) is 0. The lowest BCUT2D eigenvalue weighted by molar-refractivity contribution is 1.02. The maximum Gasteiger partial charge on any atom is 0.267 e. The van der Waals surface area contributed by atoms with Gasteiger partial charge >= 0.3 is 0 Å². The summed E-state index contributed by atoms with van der Waals surface area (Å²) in [7, 11) is 0. The summed E-state index contributed by atoms with van der Waals surface area (Å²) in [5.74, 6) is 0.606. The molecule has 0 aliphatic heterocycles. The van der Waals surface area contributed by atoms with Crippen molar-refractivity contribution in [3.63, 3.8) is 0 Å². The summed E-state index contributed by atoms with van der Waals surface area (Å²) in [4.78, 5) is 19.2. The summed E-state index contributed by atoms with van der Waals surface area (Å²) in [5, 5.41) is 2.77. The Morgan fingerprint density at radius 2 is 1.08 bits per heavy atom. The first-order chi connectivity index (χ1) is 18.3. The molecule has 0 bridgehead atoms. The lowest BCUT2D eigenvalue weighted by Gasteiger charge is -2.13. The van der Waals surface area contributed by atoms with Crippen molar-refractivity contribution in [2.24, 2.45) is 0 Å². The molecule has 8 aromatic rings. The lowest BCUT2D eigenvalue weighted by atomic mass is 10.1. The first-order valence-electron chi connectivity index (χ1n) is 12.3. The van der Waals surface area contributed by atoms with Crippen molar-refractivity contribution in [2.45, 2.75) is 0 Å². The molecule has 0 spiro atoms. The highest BCUT2D eigenvalue weighted by Gasteiger charge is 2.21. The zero-order chi connectivity index (χ0) is 24.5. The van der Waals surface area contributed by atoms with Crippen LogP contribution >= 0.6 is 0 Å². The summed E-state index contributed by atoms with van der Waals surface area (Å²) < 4.78 is 6.15. The molecule has 5 nitrogen and oxygen atoms in total. The minimum Gasteiger partial charge on any atom is -0.309 e. The standard InChI is InChI=1S/C32H20N4O/c37-31-24-16-8-10-18-27(24)35(22-13-5-2-6-14-22)32-33-25-19-20-28-29(30(25)36(31)32)23-15-7-9-17-26(23)34(28)21-11-3-1-4-12-21/h1-20H. The molecule has 0 fully saturated rings. The van der Waals surface area contributed by atoms with Crippen LogP contribution in [0.4, 0.5) is 0 Å². The Morgan fingerprint density at radius 3 is 1.78 bits per heavy atom. The average Bonchev–Trinajstić information content (AvgIpc) is 3.50. The van der Waals surface area contributed by atoms with Crippen LogP contribution in [-0.4, -0.2) is 18.5 Å². The van der Waals surface area contributed by atoms with Crippen molar-refractivity contribution in [3.8, 4) is 11.4 Å². The van der Waals surface area contributed by atoms with Crippen LogP contribution in [0, 0.1) is 0 Å². The summed E-state index contributed by atoms with van der Waals surface area (Å²) in [5.41, 5.74) is 6.57. The van der Waals surface area contributed by atoms with Gasteiger partial charge in [-0.25, -0.2) is 9.38 Å². The Balaban J connectivity index is 1.65. The molecule has 0 unspecified atom stereocenters. The normalized spacial score (nSPS) is 11.9. The van der Waals surface area contributed by atoms with E-state index in [1.54, 1.807) is 4.40 Å². The van der Waals surface area contributed by atoms with E-state index in [1.807, 2.05) is 78.9 Å². The number of benzene rings is 5. The SMILES string of the molecule is O=c1c2ccccc2n(-c2ccccc2)c2nc3ccc4c(c5ccccc5n4-c4ccccc4)c3n12. The maximum atomic E-state index is 14.1. The fraction of sp³-hybridized carbons (Fsp3) is 0. The average molecular weight is 477 g/mol. The summed E-state index contributed by atoms with van der Waals surface area (Å²) >= 11 is 0. The van der Waals surface area contributed by atoms with Gasteiger partial charge in [-0.05, 0) is 54.6 Å². The fourth-order valence-corrected chi connectivity index (χ4v) is 5.71. The highest BCUT2D eigenvalue weighted by molar-refractivity contribution is 6.20. The van der Waals surface area contributed by atoms with Gasteiger partial charge < -0.3 is 4.57 Å². The molecule has 5 heteroatoms. The molecule has 37 heavy (non-hydrogen) atoms. The molecule has 0 saturated heterocycles. The number of imidazole rings is 1. The highest BCUT2D eigenvalue weighted by atomic mass is 16.1. The Labute approximate surface area is 211 Å². The molecule has 0 aliphatic carbocycles. The summed E-state index contributed by atoms with van der Waals surface area (Å²) in [6.07, 6.45) is 0. The Hall–Kier alpha value is -5.16. The second kappa shape index (κ2) is 7.42. The molecule has 0 N–H and O–H groups in total. The second-order valence-corrected chi connectivity index (χ2v) is 9.26. The third-order valence-corrected chi connectivity index (χ3v) is 7.24. The van der Waals surface area contributed by atoms with E-state index in [1.165, 1.54) is 0 Å². The minimum absolute atomic E-state index is 0.0654. The Kier molecular flexibility index (Phi) is 4.03. The van der Waals surface area contributed by atoms with E-state index in [0.29, 0.717) is 11.2 Å². The molecule has 0 radical (unpaired) electrons. The van der Waals surface area contributed by atoms with E-state index < -0.39 is 0 Å². The quantitative estimate of drug-likeness (QED) is 0.273. The van der Waals surface area contributed by atoms with Gasteiger partial charge in [0.15, 0.2) is 0 Å². The monoisotopic (exact) mass is 476 g/mol. The van der Waals surface area contributed by atoms with Crippen LogP contribution in [0.25, 0.3) is 60.9 Å². The van der Waals surface area contributed by atoms with Gasteiger partial charge in [0.2, 0.25) is 5.78 Å². The van der Waals surface area contributed by atoms with E-state index in [9.17, 15) is 4.79 Å². The third kappa shape index (κ3) is 2.68. The molecule has 174 valence electrons. The van der Waals surface area contributed by atoms with E-state index in [2.05, 4.69) is 51.6 Å². The van der Waals surface area contributed by atoms with Crippen molar-refractivity contribution >= 4 is 49.5 Å². The molecule has 3 heterocycles. The molecule has 8 rings (SSSR count). The number of hydrogen-bond donors (Lipinski definition) is 0. The first kappa shape index (κ1) is 20.1. The second-order valence-electron chi connectivity index (χ2n) is 9.26. The minimum atomic E-state index is -0.0654. The topological polar surface area (TPSA) is 44.2 Å². The molecule has 0 amide bonds.